The van der Waals surface area contributed by atoms with Crippen LogP contribution in [0.25, 0.3) is 22.0 Å². The summed E-state index contributed by atoms with van der Waals surface area (Å²) >= 11 is 6.73. The molecule has 0 radical (unpaired) electrons. The molecule has 6 heteroatoms. The fraction of sp³-hybridized carbons (Fsp3) is 0.211. The molecule has 0 saturated heterocycles. The van der Waals surface area contributed by atoms with Gasteiger partial charge in [0, 0.05) is 12.5 Å². The lowest BCUT2D eigenvalue weighted by molar-refractivity contribution is -0.684. The van der Waals surface area contributed by atoms with Gasteiger partial charge in [0.1, 0.15) is 5.39 Å². The number of rotatable bonds is 2. The van der Waals surface area contributed by atoms with Crippen molar-refractivity contribution in [1.29, 1.82) is 0 Å². The largest absolute Gasteiger partial charge is 0.504 e. The van der Waals surface area contributed by atoms with E-state index in [-0.39, 0.29) is 11.5 Å². The summed E-state index contributed by atoms with van der Waals surface area (Å²) in [5.74, 6) is 0.970. The second-order valence-corrected chi connectivity index (χ2v) is 6.34. The molecular weight excluding hydrogens is 342 g/mol. The maximum absolute atomic E-state index is 9.91. The number of ether oxygens (including phenoxy) is 2. The van der Waals surface area contributed by atoms with E-state index in [2.05, 4.69) is 0 Å². The molecule has 0 fully saturated rings. The van der Waals surface area contributed by atoms with Crippen LogP contribution in [-0.2, 0) is 13.0 Å². The number of halogens is 1. The van der Waals surface area contributed by atoms with E-state index >= 15 is 0 Å². The van der Waals surface area contributed by atoms with E-state index in [4.69, 9.17) is 21.1 Å². The fourth-order valence-corrected chi connectivity index (χ4v) is 3.85. The minimum Gasteiger partial charge on any atom is -0.504 e. The number of hydrogen-bond acceptors (Lipinski definition) is 4. The number of benzene rings is 2. The number of phenols is 2. The first-order valence-electron chi connectivity index (χ1n) is 7.87. The van der Waals surface area contributed by atoms with Crippen LogP contribution in [0.15, 0.2) is 30.3 Å². The van der Waals surface area contributed by atoms with E-state index in [1.54, 1.807) is 26.4 Å². The maximum atomic E-state index is 9.91. The summed E-state index contributed by atoms with van der Waals surface area (Å²) in [6, 6.07) is 8.97. The van der Waals surface area contributed by atoms with Crippen molar-refractivity contribution in [3.05, 3.63) is 41.0 Å². The van der Waals surface area contributed by atoms with Gasteiger partial charge in [-0.05, 0) is 46.8 Å². The van der Waals surface area contributed by atoms with Gasteiger partial charge in [-0.2, -0.15) is 4.57 Å². The summed E-state index contributed by atoms with van der Waals surface area (Å²) in [4.78, 5) is 0. The molecule has 0 aliphatic carbocycles. The molecule has 1 aliphatic heterocycles. The Kier molecular flexibility index (Phi) is 3.62. The number of aryl methyl sites for hydroxylation is 1. The van der Waals surface area contributed by atoms with Gasteiger partial charge >= 0.3 is 0 Å². The van der Waals surface area contributed by atoms with Crippen LogP contribution in [-0.4, -0.2) is 24.4 Å². The number of nitrogens with zero attached hydrogens (tertiary/aromatic N) is 1. The molecule has 3 aromatic rings. The molecule has 0 atom stereocenters. The van der Waals surface area contributed by atoms with Gasteiger partial charge in [-0.25, -0.2) is 0 Å². The van der Waals surface area contributed by atoms with Crippen molar-refractivity contribution in [1.82, 2.24) is 0 Å². The highest BCUT2D eigenvalue weighted by Crippen LogP contribution is 2.42. The van der Waals surface area contributed by atoms with Crippen LogP contribution in [0.2, 0.25) is 5.15 Å². The van der Waals surface area contributed by atoms with Crippen molar-refractivity contribution >= 4 is 22.4 Å². The van der Waals surface area contributed by atoms with Gasteiger partial charge in [0.05, 0.1) is 19.8 Å². The predicted octanol–water partition coefficient (Wildman–Crippen LogP) is 3.43. The molecule has 128 valence electrons. The van der Waals surface area contributed by atoms with E-state index in [1.807, 2.05) is 22.8 Å². The third-order valence-corrected chi connectivity index (χ3v) is 5.08. The minimum atomic E-state index is -0.143. The van der Waals surface area contributed by atoms with Gasteiger partial charge in [-0.15, -0.1) is 0 Å². The molecule has 0 unspecified atom stereocenters. The molecule has 0 saturated carbocycles. The monoisotopic (exact) mass is 358 g/mol. The average molecular weight is 359 g/mol. The lowest BCUT2D eigenvalue weighted by Crippen LogP contribution is -2.41. The smallest absolute Gasteiger partial charge is 0.287 e. The Bertz CT molecular complexity index is 1020. The molecule has 0 bridgehead atoms. The number of aromatic nitrogens is 1. The zero-order chi connectivity index (χ0) is 17.7. The Labute approximate surface area is 149 Å². The van der Waals surface area contributed by atoms with Crippen LogP contribution in [0.1, 0.15) is 5.56 Å². The van der Waals surface area contributed by atoms with Crippen LogP contribution in [0, 0.1) is 0 Å². The third-order valence-electron chi connectivity index (χ3n) is 4.69. The highest BCUT2D eigenvalue weighted by atomic mass is 35.5. The fourth-order valence-electron chi connectivity index (χ4n) is 3.48. The van der Waals surface area contributed by atoms with Gasteiger partial charge in [0.15, 0.2) is 29.5 Å². The first kappa shape index (κ1) is 15.8. The molecule has 0 amide bonds. The summed E-state index contributed by atoms with van der Waals surface area (Å²) in [5, 5.41) is 21.9. The number of hydrogen-bond donors (Lipinski definition) is 2. The molecule has 1 aliphatic rings. The minimum absolute atomic E-state index is 0.106. The molecule has 0 spiro atoms. The molecule has 5 nitrogen and oxygen atoms in total. The maximum Gasteiger partial charge on any atom is 0.287 e. The summed E-state index contributed by atoms with van der Waals surface area (Å²) < 4.78 is 12.9. The predicted molar refractivity (Wildman–Crippen MR) is 94.7 cm³/mol. The molecule has 25 heavy (non-hydrogen) atoms. The zero-order valence-corrected chi connectivity index (χ0v) is 14.6. The van der Waals surface area contributed by atoms with Crippen molar-refractivity contribution in [3.8, 4) is 34.3 Å². The van der Waals surface area contributed by atoms with Gasteiger partial charge in [0.2, 0.25) is 5.69 Å². The highest BCUT2D eigenvalue weighted by Gasteiger charge is 2.30. The number of phenolic OH excluding ortho intramolecular Hbond substituents is 2. The van der Waals surface area contributed by atoms with E-state index in [1.165, 1.54) is 0 Å². The van der Waals surface area contributed by atoms with Crippen molar-refractivity contribution in [3.63, 3.8) is 0 Å². The number of methoxy groups -OCH3 is 2. The Hall–Kier alpha value is -2.66. The lowest BCUT2D eigenvalue weighted by Gasteiger charge is -2.18. The van der Waals surface area contributed by atoms with E-state index in [0.717, 1.165) is 27.6 Å². The Balaban J connectivity index is 2.06. The Morgan fingerprint density at radius 3 is 2.52 bits per heavy atom. The summed E-state index contributed by atoms with van der Waals surface area (Å²) in [6.45, 7) is 0.668. The first-order chi connectivity index (χ1) is 12.0. The quantitative estimate of drug-likeness (QED) is 0.418. The van der Waals surface area contributed by atoms with Crippen molar-refractivity contribution in [2.24, 2.45) is 0 Å². The van der Waals surface area contributed by atoms with E-state index in [9.17, 15) is 10.2 Å². The molecule has 1 aromatic heterocycles. The van der Waals surface area contributed by atoms with Crippen molar-refractivity contribution < 1.29 is 24.3 Å². The van der Waals surface area contributed by atoms with Crippen molar-refractivity contribution in [2.75, 3.05) is 14.2 Å². The standard InChI is InChI=1S/C19H16ClNO4/c1-24-16-4-3-11-7-13-12-9-15(23)14(22)8-10(12)5-6-21(13)19(20)17(11)18(16)25-2/h3-4,7-9,23H,5-6H2,1-2H3/p+1. The Morgan fingerprint density at radius 1 is 1.04 bits per heavy atom. The SMILES string of the molecule is COc1ccc2cc3[n+](c(Cl)c2c1OC)CCc1cc(O)c(O)cc1-3. The molecule has 2 N–H and O–H groups in total. The van der Waals surface area contributed by atoms with Gasteiger partial charge < -0.3 is 19.7 Å². The number of pyridine rings is 1. The van der Waals surface area contributed by atoms with Crippen LogP contribution in [0.3, 0.4) is 0 Å². The summed E-state index contributed by atoms with van der Waals surface area (Å²) in [7, 11) is 3.18. The third kappa shape index (κ3) is 2.27. The summed E-state index contributed by atoms with van der Waals surface area (Å²) in [6.07, 6.45) is 0.707. The zero-order valence-electron chi connectivity index (χ0n) is 13.8. The van der Waals surface area contributed by atoms with E-state index in [0.29, 0.717) is 29.6 Å². The normalized spacial score (nSPS) is 12.6. The summed E-state index contributed by atoms with van der Waals surface area (Å²) in [5.41, 5.74) is 2.73. The lowest BCUT2D eigenvalue weighted by atomic mass is 9.95. The second kappa shape index (κ2) is 5.70. The van der Waals surface area contributed by atoms with Crippen LogP contribution >= 0.6 is 11.6 Å². The van der Waals surface area contributed by atoms with Crippen LogP contribution in [0.4, 0.5) is 0 Å². The van der Waals surface area contributed by atoms with Gasteiger partial charge in [-0.3, -0.25) is 0 Å². The Morgan fingerprint density at radius 2 is 1.80 bits per heavy atom. The first-order valence-corrected chi connectivity index (χ1v) is 8.25. The van der Waals surface area contributed by atoms with Gasteiger partial charge in [-0.1, -0.05) is 0 Å². The second-order valence-electron chi connectivity index (χ2n) is 5.99. The molecular formula is C19H17ClNO4+. The van der Waals surface area contributed by atoms with Gasteiger partial charge in [0.25, 0.3) is 5.15 Å². The molecule has 2 aromatic carbocycles. The van der Waals surface area contributed by atoms with Crippen LogP contribution in [0.5, 0.6) is 23.0 Å². The number of aromatic hydroxyl groups is 2. The molecule has 4 rings (SSSR count). The van der Waals surface area contributed by atoms with Crippen LogP contribution < -0.4 is 14.0 Å². The van der Waals surface area contributed by atoms with E-state index < -0.39 is 0 Å². The molecule has 2 heterocycles. The van der Waals surface area contributed by atoms with Crippen molar-refractivity contribution in [2.45, 2.75) is 13.0 Å². The highest BCUT2D eigenvalue weighted by molar-refractivity contribution is 6.34. The average Bonchev–Trinajstić information content (AvgIpc) is 2.62. The number of fused-ring (bicyclic) bond motifs is 4. The topological polar surface area (TPSA) is 62.8 Å².